The number of hydrogen-bond donors (Lipinski definition) is 0. The second kappa shape index (κ2) is 5.91. The summed E-state index contributed by atoms with van der Waals surface area (Å²) in [4.78, 5) is 10.5. The van der Waals surface area contributed by atoms with Gasteiger partial charge < -0.3 is 14.1 Å². The van der Waals surface area contributed by atoms with Gasteiger partial charge in [-0.25, -0.2) is 0 Å². The molecule has 118 valence electrons. The highest BCUT2D eigenvalue weighted by molar-refractivity contribution is 6.32. The Labute approximate surface area is 142 Å². The number of nitrogens with zero attached hydrogens (tertiary/aromatic N) is 3. The minimum absolute atomic E-state index is 0.0356. The maximum atomic E-state index is 6.08. The van der Waals surface area contributed by atoms with Crippen molar-refractivity contribution in [1.82, 2.24) is 9.97 Å². The SMILES string of the molecule is Clc1ccc2nc(N3CCC(Oc4ccncc4Cl)C3)oc2c1. The first-order valence-corrected chi connectivity index (χ1v) is 8.02. The zero-order chi connectivity index (χ0) is 15.8. The first kappa shape index (κ1) is 14.6. The summed E-state index contributed by atoms with van der Waals surface area (Å²) in [7, 11) is 0. The van der Waals surface area contributed by atoms with Crippen molar-refractivity contribution in [1.29, 1.82) is 0 Å². The van der Waals surface area contributed by atoms with Crippen molar-refractivity contribution in [3.63, 3.8) is 0 Å². The number of oxazole rings is 1. The minimum atomic E-state index is 0.0356. The molecule has 0 bridgehead atoms. The molecule has 0 saturated carbocycles. The van der Waals surface area contributed by atoms with E-state index >= 15 is 0 Å². The minimum Gasteiger partial charge on any atom is -0.487 e. The number of fused-ring (bicyclic) bond motifs is 1. The van der Waals surface area contributed by atoms with E-state index in [-0.39, 0.29) is 6.10 Å². The van der Waals surface area contributed by atoms with E-state index < -0.39 is 0 Å². The standard InChI is InChI=1S/C16H13Cl2N3O2/c17-10-1-2-13-15(7-10)23-16(20-13)21-6-4-11(9-21)22-14-3-5-19-8-12(14)18/h1-3,5,7-8,11H,4,6,9H2. The Morgan fingerprint density at radius 1 is 1.26 bits per heavy atom. The fourth-order valence-corrected chi connectivity index (χ4v) is 2.98. The Hall–Kier alpha value is -1.98. The van der Waals surface area contributed by atoms with Crippen molar-refractivity contribution in [3.8, 4) is 5.75 Å². The third-order valence-electron chi connectivity index (χ3n) is 3.78. The topological polar surface area (TPSA) is 51.4 Å². The molecule has 1 aliphatic heterocycles. The molecule has 7 heteroatoms. The number of aromatic nitrogens is 2. The maximum Gasteiger partial charge on any atom is 0.298 e. The molecule has 0 aliphatic carbocycles. The van der Waals surface area contributed by atoms with Gasteiger partial charge >= 0.3 is 0 Å². The van der Waals surface area contributed by atoms with Gasteiger partial charge in [0.25, 0.3) is 6.01 Å². The molecule has 0 spiro atoms. The van der Waals surface area contributed by atoms with Crippen molar-refractivity contribution in [2.24, 2.45) is 0 Å². The molecule has 5 nitrogen and oxygen atoms in total. The van der Waals surface area contributed by atoms with Crippen LogP contribution in [0.1, 0.15) is 6.42 Å². The van der Waals surface area contributed by atoms with Gasteiger partial charge in [0.2, 0.25) is 0 Å². The molecule has 3 aromatic rings. The van der Waals surface area contributed by atoms with Gasteiger partial charge in [-0.05, 0) is 12.1 Å². The third kappa shape index (κ3) is 2.94. The summed E-state index contributed by atoms with van der Waals surface area (Å²) in [5.41, 5.74) is 1.49. The Bertz CT molecular complexity index is 852. The zero-order valence-corrected chi connectivity index (χ0v) is 13.6. The van der Waals surface area contributed by atoms with E-state index in [9.17, 15) is 0 Å². The Morgan fingerprint density at radius 3 is 3.04 bits per heavy atom. The van der Waals surface area contributed by atoms with E-state index in [0.29, 0.717) is 33.9 Å². The molecule has 1 saturated heterocycles. The lowest BCUT2D eigenvalue weighted by molar-refractivity contribution is 0.224. The Morgan fingerprint density at radius 2 is 2.17 bits per heavy atom. The van der Waals surface area contributed by atoms with E-state index in [1.54, 1.807) is 30.6 Å². The monoisotopic (exact) mass is 349 g/mol. The van der Waals surface area contributed by atoms with Crippen LogP contribution in [0, 0.1) is 0 Å². The zero-order valence-electron chi connectivity index (χ0n) is 12.1. The molecule has 1 aliphatic rings. The van der Waals surface area contributed by atoms with Crippen molar-refractivity contribution < 1.29 is 9.15 Å². The fourth-order valence-electron chi connectivity index (χ4n) is 2.66. The second-order valence-electron chi connectivity index (χ2n) is 5.39. The normalized spacial score (nSPS) is 17.8. The van der Waals surface area contributed by atoms with Gasteiger partial charge in [-0.3, -0.25) is 4.98 Å². The highest BCUT2D eigenvalue weighted by Crippen LogP contribution is 2.29. The van der Waals surface area contributed by atoms with Crippen LogP contribution in [0.3, 0.4) is 0 Å². The first-order valence-electron chi connectivity index (χ1n) is 7.26. The van der Waals surface area contributed by atoms with Gasteiger partial charge in [0.15, 0.2) is 5.58 Å². The van der Waals surface area contributed by atoms with Crippen LogP contribution in [0.15, 0.2) is 41.1 Å². The predicted octanol–water partition coefficient (Wildman–Crippen LogP) is 4.19. The van der Waals surface area contributed by atoms with Crippen LogP contribution in [0.25, 0.3) is 11.1 Å². The molecule has 1 aromatic carbocycles. The van der Waals surface area contributed by atoms with E-state index in [2.05, 4.69) is 14.9 Å². The molecule has 3 heterocycles. The van der Waals surface area contributed by atoms with Crippen LogP contribution in [-0.4, -0.2) is 29.2 Å². The molecule has 0 N–H and O–H groups in total. The van der Waals surface area contributed by atoms with E-state index in [1.807, 2.05) is 6.07 Å². The summed E-state index contributed by atoms with van der Waals surface area (Å²) >= 11 is 12.1. The van der Waals surface area contributed by atoms with Gasteiger partial charge in [0.05, 0.1) is 6.54 Å². The van der Waals surface area contributed by atoms with Crippen LogP contribution in [0.5, 0.6) is 5.75 Å². The summed E-state index contributed by atoms with van der Waals surface area (Å²) in [6, 6.07) is 7.79. The molecule has 23 heavy (non-hydrogen) atoms. The summed E-state index contributed by atoms with van der Waals surface area (Å²) in [6.45, 7) is 1.51. The lowest BCUT2D eigenvalue weighted by Gasteiger charge is -2.15. The van der Waals surface area contributed by atoms with Crippen molar-refractivity contribution >= 4 is 40.3 Å². The number of pyridine rings is 1. The number of halogens is 2. The predicted molar refractivity (Wildman–Crippen MR) is 89.5 cm³/mol. The highest BCUT2D eigenvalue weighted by atomic mass is 35.5. The second-order valence-corrected chi connectivity index (χ2v) is 6.23. The largest absolute Gasteiger partial charge is 0.487 e. The van der Waals surface area contributed by atoms with Crippen LogP contribution in [0.2, 0.25) is 10.0 Å². The number of anilines is 1. The summed E-state index contributed by atoms with van der Waals surface area (Å²) in [5, 5.41) is 1.15. The molecule has 0 radical (unpaired) electrons. The van der Waals surface area contributed by atoms with Gasteiger partial charge in [0, 0.05) is 42.5 Å². The van der Waals surface area contributed by atoms with Crippen LogP contribution in [0.4, 0.5) is 6.01 Å². The smallest absolute Gasteiger partial charge is 0.298 e. The summed E-state index contributed by atoms with van der Waals surface area (Å²) in [6.07, 6.45) is 4.15. The number of ether oxygens (including phenoxy) is 1. The molecule has 1 unspecified atom stereocenters. The highest BCUT2D eigenvalue weighted by Gasteiger charge is 2.28. The first-order chi connectivity index (χ1) is 11.2. The molecule has 2 aromatic heterocycles. The Balaban J connectivity index is 1.50. The van der Waals surface area contributed by atoms with E-state index in [4.69, 9.17) is 32.4 Å². The molecule has 0 amide bonds. The molecular formula is C16H13Cl2N3O2. The number of hydrogen-bond acceptors (Lipinski definition) is 5. The van der Waals surface area contributed by atoms with Crippen molar-refractivity contribution in [3.05, 3.63) is 46.7 Å². The number of benzene rings is 1. The van der Waals surface area contributed by atoms with Crippen LogP contribution >= 0.6 is 23.2 Å². The quantitative estimate of drug-likeness (QED) is 0.709. The fraction of sp³-hybridized carbons (Fsp3) is 0.250. The van der Waals surface area contributed by atoms with Crippen LogP contribution in [-0.2, 0) is 0 Å². The third-order valence-corrected chi connectivity index (χ3v) is 4.30. The molecule has 1 atom stereocenters. The van der Waals surface area contributed by atoms with Gasteiger partial charge in [-0.2, -0.15) is 4.98 Å². The van der Waals surface area contributed by atoms with Gasteiger partial charge in [0.1, 0.15) is 22.4 Å². The van der Waals surface area contributed by atoms with Gasteiger partial charge in [-0.15, -0.1) is 0 Å². The summed E-state index contributed by atoms with van der Waals surface area (Å²) in [5.74, 6) is 0.651. The summed E-state index contributed by atoms with van der Waals surface area (Å²) < 4.78 is 11.7. The Kier molecular flexibility index (Phi) is 3.75. The lowest BCUT2D eigenvalue weighted by Crippen LogP contribution is -2.24. The molecular weight excluding hydrogens is 337 g/mol. The van der Waals surface area contributed by atoms with E-state index in [0.717, 1.165) is 18.5 Å². The van der Waals surface area contributed by atoms with Crippen molar-refractivity contribution in [2.45, 2.75) is 12.5 Å². The molecule has 4 rings (SSSR count). The average Bonchev–Trinajstić information content (AvgIpc) is 3.15. The lowest BCUT2D eigenvalue weighted by atomic mass is 10.3. The average molecular weight is 350 g/mol. The van der Waals surface area contributed by atoms with Gasteiger partial charge in [-0.1, -0.05) is 23.2 Å². The van der Waals surface area contributed by atoms with E-state index in [1.165, 1.54) is 0 Å². The van der Waals surface area contributed by atoms with Crippen LogP contribution < -0.4 is 9.64 Å². The van der Waals surface area contributed by atoms with Crippen molar-refractivity contribution in [2.75, 3.05) is 18.0 Å². The molecule has 1 fully saturated rings. The number of rotatable bonds is 3. The maximum absolute atomic E-state index is 6.08.